The summed E-state index contributed by atoms with van der Waals surface area (Å²) < 4.78 is 39.8. The predicted octanol–water partition coefficient (Wildman–Crippen LogP) is 2.17. The molecular weight excluding hydrogens is 259 g/mol. The zero-order chi connectivity index (χ0) is 14.7. The highest BCUT2D eigenvalue weighted by atomic mass is 19.4. The number of hydrogen-bond acceptors (Lipinski definition) is 2. The van der Waals surface area contributed by atoms with Gasteiger partial charge in [-0.25, -0.2) is 0 Å². The molecule has 0 heterocycles. The van der Waals surface area contributed by atoms with Crippen LogP contribution in [0.5, 0.6) is 0 Å². The van der Waals surface area contributed by atoms with Gasteiger partial charge < -0.3 is 15.4 Å². The third-order valence-electron chi connectivity index (χ3n) is 2.26. The van der Waals surface area contributed by atoms with Gasteiger partial charge in [-0.1, -0.05) is 13.8 Å². The van der Waals surface area contributed by atoms with Gasteiger partial charge in [0.15, 0.2) is 5.96 Å². The van der Waals surface area contributed by atoms with Crippen molar-refractivity contribution in [3.8, 4) is 0 Å². The number of hydrogen-bond donors (Lipinski definition) is 2. The molecule has 0 aromatic heterocycles. The molecule has 0 saturated carbocycles. The molecule has 114 valence electrons. The Kier molecular flexibility index (Phi) is 9.38. The molecule has 0 aliphatic rings. The number of ether oxygens (including phenoxy) is 1. The van der Waals surface area contributed by atoms with E-state index in [2.05, 4.69) is 34.2 Å². The van der Waals surface area contributed by atoms with Crippen LogP contribution in [0.15, 0.2) is 4.99 Å². The number of nitrogens with zero attached hydrogens (tertiary/aromatic N) is 1. The Morgan fingerprint density at radius 3 is 2.37 bits per heavy atom. The van der Waals surface area contributed by atoms with Crippen molar-refractivity contribution >= 4 is 5.96 Å². The first-order valence-electron chi connectivity index (χ1n) is 6.44. The quantitative estimate of drug-likeness (QED) is 0.408. The lowest BCUT2D eigenvalue weighted by Crippen LogP contribution is -2.38. The minimum Gasteiger partial charge on any atom is -0.372 e. The molecule has 0 bridgehead atoms. The van der Waals surface area contributed by atoms with E-state index >= 15 is 0 Å². The molecular formula is C12H24F3N3O. The molecule has 19 heavy (non-hydrogen) atoms. The van der Waals surface area contributed by atoms with Crippen LogP contribution in [0.25, 0.3) is 0 Å². The number of halogens is 3. The Morgan fingerprint density at radius 2 is 1.84 bits per heavy atom. The SMILES string of the molecule is CN=C(NCCCOCC(F)(F)F)NCCC(C)C. The van der Waals surface area contributed by atoms with Gasteiger partial charge in [-0.15, -0.1) is 0 Å². The Labute approximate surface area is 112 Å². The maximum absolute atomic E-state index is 11.8. The van der Waals surface area contributed by atoms with Crippen molar-refractivity contribution in [1.82, 2.24) is 10.6 Å². The summed E-state index contributed by atoms with van der Waals surface area (Å²) in [7, 11) is 1.66. The lowest BCUT2D eigenvalue weighted by atomic mass is 10.1. The van der Waals surface area contributed by atoms with Crippen LogP contribution in [0.3, 0.4) is 0 Å². The number of aliphatic imine (C=N–C) groups is 1. The average molecular weight is 283 g/mol. The van der Waals surface area contributed by atoms with Crippen molar-refractivity contribution in [3.05, 3.63) is 0 Å². The minimum atomic E-state index is -4.25. The Morgan fingerprint density at radius 1 is 1.21 bits per heavy atom. The van der Waals surface area contributed by atoms with Crippen LogP contribution in [0.1, 0.15) is 26.7 Å². The van der Waals surface area contributed by atoms with E-state index < -0.39 is 12.8 Å². The Bertz CT molecular complexity index is 255. The van der Waals surface area contributed by atoms with Crippen LogP contribution in [-0.4, -0.2) is 45.5 Å². The minimum absolute atomic E-state index is 0.0789. The van der Waals surface area contributed by atoms with E-state index in [-0.39, 0.29) is 6.61 Å². The third-order valence-corrected chi connectivity index (χ3v) is 2.26. The molecule has 0 aromatic rings. The van der Waals surface area contributed by atoms with Gasteiger partial charge in [-0.05, 0) is 18.8 Å². The van der Waals surface area contributed by atoms with Gasteiger partial charge in [0, 0.05) is 26.7 Å². The van der Waals surface area contributed by atoms with E-state index in [1.54, 1.807) is 7.05 Å². The molecule has 0 amide bonds. The van der Waals surface area contributed by atoms with E-state index in [1.165, 1.54) is 0 Å². The summed E-state index contributed by atoms with van der Waals surface area (Å²) in [6.45, 7) is 4.51. The van der Waals surface area contributed by atoms with E-state index in [0.717, 1.165) is 13.0 Å². The van der Waals surface area contributed by atoms with Crippen molar-refractivity contribution in [1.29, 1.82) is 0 Å². The summed E-state index contributed by atoms with van der Waals surface area (Å²) in [4.78, 5) is 4.02. The fourth-order valence-corrected chi connectivity index (χ4v) is 1.27. The smallest absolute Gasteiger partial charge is 0.372 e. The summed E-state index contributed by atoms with van der Waals surface area (Å²) in [6, 6.07) is 0. The molecule has 0 atom stereocenters. The summed E-state index contributed by atoms with van der Waals surface area (Å²) in [5.74, 6) is 1.28. The first kappa shape index (κ1) is 18.0. The topological polar surface area (TPSA) is 45.7 Å². The molecule has 2 N–H and O–H groups in total. The van der Waals surface area contributed by atoms with E-state index in [9.17, 15) is 13.2 Å². The van der Waals surface area contributed by atoms with Crippen molar-refractivity contribution < 1.29 is 17.9 Å². The van der Waals surface area contributed by atoms with Crippen LogP contribution in [0.4, 0.5) is 13.2 Å². The lowest BCUT2D eigenvalue weighted by Gasteiger charge is -2.13. The Hall–Kier alpha value is -0.980. The van der Waals surface area contributed by atoms with Gasteiger partial charge in [0.05, 0.1) is 0 Å². The summed E-state index contributed by atoms with van der Waals surface area (Å²) in [6.07, 6.45) is -2.71. The lowest BCUT2D eigenvalue weighted by molar-refractivity contribution is -0.173. The molecule has 4 nitrogen and oxygen atoms in total. The Balaban J connectivity index is 3.52. The molecule has 0 fully saturated rings. The number of rotatable bonds is 8. The van der Waals surface area contributed by atoms with Gasteiger partial charge in [0.1, 0.15) is 6.61 Å². The van der Waals surface area contributed by atoms with Crippen LogP contribution in [-0.2, 0) is 4.74 Å². The fraction of sp³-hybridized carbons (Fsp3) is 0.917. The van der Waals surface area contributed by atoms with Gasteiger partial charge in [0.2, 0.25) is 0 Å². The molecule has 7 heteroatoms. The second kappa shape index (κ2) is 9.89. The maximum Gasteiger partial charge on any atom is 0.411 e. The van der Waals surface area contributed by atoms with Crippen molar-refractivity contribution in [2.45, 2.75) is 32.9 Å². The molecule has 0 aliphatic heterocycles. The van der Waals surface area contributed by atoms with Crippen molar-refractivity contribution in [2.75, 3.05) is 33.4 Å². The van der Waals surface area contributed by atoms with Crippen LogP contribution in [0, 0.1) is 5.92 Å². The molecule has 0 aliphatic carbocycles. The van der Waals surface area contributed by atoms with E-state index in [1.807, 2.05) is 0 Å². The monoisotopic (exact) mass is 283 g/mol. The fourth-order valence-electron chi connectivity index (χ4n) is 1.27. The summed E-state index contributed by atoms with van der Waals surface area (Å²) >= 11 is 0. The van der Waals surface area contributed by atoms with Crippen LogP contribution >= 0.6 is 0 Å². The van der Waals surface area contributed by atoms with Crippen molar-refractivity contribution in [2.24, 2.45) is 10.9 Å². The van der Waals surface area contributed by atoms with Crippen LogP contribution in [0.2, 0.25) is 0 Å². The second-order valence-corrected chi connectivity index (χ2v) is 4.63. The maximum atomic E-state index is 11.8. The predicted molar refractivity (Wildman–Crippen MR) is 70.3 cm³/mol. The number of nitrogens with one attached hydrogen (secondary N) is 2. The highest BCUT2D eigenvalue weighted by Crippen LogP contribution is 2.14. The standard InChI is InChI=1S/C12H24F3N3O/c1-10(2)5-7-18-11(16-3)17-6-4-8-19-9-12(13,14)15/h10H,4-9H2,1-3H3,(H2,16,17,18). The number of alkyl halides is 3. The largest absolute Gasteiger partial charge is 0.411 e. The van der Waals surface area contributed by atoms with Gasteiger partial charge >= 0.3 is 6.18 Å². The number of guanidine groups is 1. The van der Waals surface area contributed by atoms with Crippen LogP contribution < -0.4 is 10.6 Å². The van der Waals surface area contributed by atoms with Crippen molar-refractivity contribution in [3.63, 3.8) is 0 Å². The second-order valence-electron chi connectivity index (χ2n) is 4.63. The van der Waals surface area contributed by atoms with E-state index in [0.29, 0.717) is 24.8 Å². The highest BCUT2D eigenvalue weighted by molar-refractivity contribution is 5.79. The zero-order valence-corrected chi connectivity index (χ0v) is 11.8. The molecule has 0 saturated heterocycles. The van der Waals surface area contributed by atoms with Gasteiger partial charge in [0.25, 0.3) is 0 Å². The molecule has 0 rings (SSSR count). The highest BCUT2D eigenvalue weighted by Gasteiger charge is 2.27. The normalized spacial score (nSPS) is 12.9. The molecule has 0 aromatic carbocycles. The third kappa shape index (κ3) is 13.3. The van der Waals surface area contributed by atoms with E-state index in [4.69, 9.17) is 0 Å². The van der Waals surface area contributed by atoms with Gasteiger partial charge in [-0.3, -0.25) is 4.99 Å². The summed E-state index contributed by atoms with van der Waals surface area (Å²) in [5.41, 5.74) is 0. The first-order valence-corrected chi connectivity index (χ1v) is 6.44. The van der Waals surface area contributed by atoms with Gasteiger partial charge in [-0.2, -0.15) is 13.2 Å². The average Bonchev–Trinajstić information content (AvgIpc) is 2.29. The molecule has 0 unspecified atom stereocenters. The zero-order valence-electron chi connectivity index (χ0n) is 11.8. The summed E-state index contributed by atoms with van der Waals surface area (Å²) in [5, 5.41) is 6.15. The molecule has 0 radical (unpaired) electrons. The molecule has 0 spiro atoms. The first-order chi connectivity index (χ1) is 8.85.